The Bertz CT molecular complexity index is 723. The smallest absolute Gasteiger partial charge is 0.353 e. The largest absolute Gasteiger partial charge is 0.416 e. The average molecular weight is 430 g/mol. The first-order chi connectivity index (χ1) is 12.2. The van der Waals surface area contributed by atoms with Crippen LogP contribution < -0.4 is 15.4 Å². The Balaban J connectivity index is 0.00000364. The van der Waals surface area contributed by atoms with Gasteiger partial charge in [0, 0.05) is 19.0 Å². The highest BCUT2D eigenvalue weighted by Gasteiger charge is 2.31. The SMILES string of the molecule is Cl.O=C(CCCNS(=O)(=O)c1cccc(C(F)(F)F)c1)NC1CCNCC1. The molecule has 1 aromatic carbocycles. The maximum Gasteiger partial charge on any atom is 0.416 e. The van der Waals surface area contributed by atoms with E-state index in [0.717, 1.165) is 44.1 Å². The fourth-order valence-corrected chi connectivity index (χ4v) is 3.76. The van der Waals surface area contributed by atoms with Crippen molar-refractivity contribution >= 4 is 28.3 Å². The Labute approximate surface area is 162 Å². The lowest BCUT2D eigenvalue weighted by Gasteiger charge is -2.23. The van der Waals surface area contributed by atoms with Crippen LogP contribution in [0.2, 0.25) is 0 Å². The molecule has 0 spiro atoms. The summed E-state index contributed by atoms with van der Waals surface area (Å²) in [5, 5.41) is 6.08. The summed E-state index contributed by atoms with van der Waals surface area (Å²) in [7, 11) is -4.06. The van der Waals surface area contributed by atoms with E-state index < -0.39 is 26.7 Å². The highest BCUT2D eigenvalue weighted by Crippen LogP contribution is 2.30. The van der Waals surface area contributed by atoms with Gasteiger partial charge in [-0.3, -0.25) is 4.79 Å². The normalized spacial score (nSPS) is 15.8. The first-order valence-corrected chi connectivity index (χ1v) is 9.84. The fraction of sp³-hybridized carbons (Fsp3) is 0.562. The summed E-state index contributed by atoms with van der Waals surface area (Å²) in [6.45, 7) is 1.67. The molecule has 0 bridgehead atoms. The van der Waals surface area contributed by atoms with Crippen LogP contribution in [0.4, 0.5) is 13.2 Å². The van der Waals surface area contributed by atoms with Gasteiger partial charge in [0.2, 0.25) is 15.9 Å². The van der Waals surface area contributed by atoms with Gasteiger partial charge in [-0.2, -0.15) is 13.2 Å². The van der Waals surface area contributed by atoms with Gasteiger partial charge in [0.05, 0.1) is 10.5 Å². The fourth-order valence-electron chi connectivity index (χ4n) is 2.64. The van der Waals surface area contributed by atoms with E-state index in [2.05, 4.69) is 15.4 Å². The van der Waals surface area contributed by atoms with Crippen molar-refractivity contribution in [2.75, 3.05) is 19.6 Å². The van der Waals surface area contributed by atoms with Crippen molar-refractivity contribution in [1.82, 2.24) is 15.4 Å². The quantitative estimate of drug-likeness (QED) is 0.579. The molecule has 0 atom stereocenters. The standard InChI is InChI=1S/C16H22F3N3O3S.ClH/c17-16(18,19)12-3-1-4-14(11-12)26(24,25)21-8-2-5-15(23)22-13-6-9-20-10-7-13;/h1,3-4,11,13,20-21H,2,5-10H2,(H,22,23);1H. The van der Waals surface area contributed by atoms with Crippen LogP contribution in [0.1, 0.15) is 31.2 Å². The van der Waals surface area contributed by atoms with Crippen LogP contribution in [-0.2, 0) is 21.0 Å². The van der Waals surface area contributed by atoms with E-state index in [4.69, 9.17) is 0 Å². The third-order valence-electron chi connectivity index (χ3n) is 4.05. The van der Waals surface area contributed by atoms with Gasteiger partial charge in [0.1, 0.15) is 0 Å². The summed E-state index contributed by atoms with van der Waals surface area (Å²) >= 11 is 0. The van der Waals surface area contributed by atoms with Crippen LogP contribution in [0.25, 0.3) is 0 Å². The second-order valence-electron chi connectivity index (χ2n) is 6.12. The number of alkyl halides is 3. The van der Waals surface area contributed by atoms with Crippen molar-refractivity contribution in [2.24, 2.45) is 0 Å². The van der Waals surface area contributed by atoms with Crippen LogP contribution in [0, 0.1) is 0 Å². The first-order valence-electron chi connectivity index (χ1n) is 8.35. The topological polar surface area (TPSA) is 87.3 Å². The summed E-state index contributed by atoms with van der Waals surface area (Å²) < 4.78 is 64.4. The Hall–Kier alpha value is -1.36. The van der Waals surface area contributed by atoms with Crippen LogP contribution in [0.5, 0.6) is 0 Å². The zero-order valence-electron chi connectivity index (χ0n) is 14.5. The molecule has 3 N–H and O–H groups in total. The third-order valence-corrected chi connectivity index (χ3v) is 5.51. The predicted molar refractivity (Wildman–Crippen MR) is 97.1 cm³/mol. The van der Waals surface area contributed by atoms with E-state index in [0.29, 0.717) is 6.07 Å². The predicted octanol–water partition coefficient (Wildman–Crippen LogP) is 2.05. The number of hydrogen-bond acceptors (Lipinski definition) is 4. The summed E-state index contributed by atoms with van der Waals surface area (Å²) in [5.74, 6) is -0.157. The van der Waals surface area contributed by atoms with Gasteiger partial charge in [-0.15, -0.1) is 12.4 Å². The number of carbonyl (C=O) groups excluding carboxylic acids is 1. The van der Waals surface area contributed by atoms with E-state index in [-0.39, 0.29) is 43.7 Å². The molecule has 1 aromatic rings. The number of rotatable bonds is 7. The number of benzene rings is 1. The summed E-state index contributed by atoms with van der Waals surface area (Å²) in [4.78, 5) is 11.4. The summed E-state index contributed by atoms with van der Waals surface area (Å²) in [6, 6.07) is 3.67. The first kappa shape index (κ1) is 23.7. The minimum atomic E-state index is -4.61. The molecule has 0 unspecified atom stereocenters. The number of sulfonamides is 1. The van der Waals surface area contributed by atoms with Crippen LogP contribution >= 0.6 is 12.4 Å². The van der Waals surface area contributed by atoms with E-state index >= 15 is 0 Å². The molecule has 154 valence electrons. The average Bonchev–Trinajstić information content (AvgIpc) is 2.59. The number of hydrogen-bond donors (Lipinski definition) is 3. The van der Waals surface area contributed by atoms with Gasteiger partial charge in [0.15, 0.2) is 0 Å². The molecule has 1 saturated heterocycles. The molecule has 1 amide bonds. The Morgan fingerprint density at radius 2 is 1.89 bits per heavy atom. The van der Waals surface area contributed by atoms with Crippen LogP contribution in [0.3, 0.4) is 0 Å². The molecule has 0 aliphatic carbocycles. The van der Waals surface area contributed by atoms with Gasteiger partial charge in [-0.1, -0.05) is 6.07 Å². The van der Waals surface area contributed by atoms with Crippen molar-refractivity contribution in [3.05, 3.63) is 29.8 Å². The number of carbonyl (C=O) groups is 1. The molecule has 27 heavy (non-hydrogen) atoms. The molecule has 2 rings (SSSR count). The minimum absolute atomic E-state index is 0. The second-order valence-corrected chi connectivity index (χ2v) is 7.89. The number of halogens is 4. The summed E-state index contributed by atoms with van der Waals surface area (Å²) in [6.07, 6.45) is -2.50. The maximum atomic E-state index is 12.7. The van der Waals surface area contributed by atoms with Gasteiger partial charge in [0.25, 0.3) is 0 Å². The van der Waals surface area contributed by atoms with E-state index in [1.54, 1.807) is 0 Å². The van der Waals surface area contributed by atoms with Crippen molar-refractivity contribution < 1.29 is 26.4 Å². The van der Waals surface area contributed by atoms with Gasteiger partial charge in [-0.25, -0.2) is 13.1 Å². The maximum absolute atomic E-state index is 12.7. The lowest BCUT2D eigenvalue weighted by Crippen LogP contribution is -2.42. The van der Waals surface area contributed by atoms with Crippen molar-refractivity contribution in [3.63, 3.8) is 0 Å². The molecule has 1 aliphatic rings. The van der Waals surface area contributed by atoms with Crippen LogP contribution in [0.15, 0.2) is 29.2 Å². The zero-order chi connectivity index (χ0) is 19.2. The van der Waals surface area contributed by atoms with Crippen LogP contribution in [-0.4, -0.2) is 40.0 Å². The van der Waals surface area contributed by atoms with Crippen molar-refractivity contribution in [1.29, 1.82) is 0 Å². The lowest BCUT2D eigenvalue weighted by atomic mass is 10.1. The molecular formula is C16H23ClF3N3O3S. The van der Waals surface area contributed by atoms with Gasteiger partial charge < -0.3 is 10.6 Å². The summed E-state index contributed by atoms with van der Waals surface area (Å²) in [5.41, 5.74) is -1.03. The van der Waals surface area contributed by atoms with E-state index in [1.807, 2.05) is 0 Å². The molecule has 6 nitrogen and oxygen atoms in total. The molecule has 1 fully saturated rings. The van der Waals surface area contributed by atoms with E-state index in [9.17, 15) is 26.4 Å². The number of amides is 1. The Morgan fingerprint density at radius 3 is 2.52 bits per heavy atom. The minimum Gasteiger partial charge on any atom is -0.353 e. The molecule has 0 aromatic heterocycles. The van der Waals surface area contributed by atoms with Crippen molar-refractivity contribution in [2.45, 2.75) is 42.8 Å². The second kappa shape index (κ2) is 10.3. The molecular weight excluding hydrogens is 407 g/mol. The van der Waals surface area contributed by atoms with Gasteiger partial charge in [-0.05, 0) is 50.6 Å². The number of nitrogens with one attached hydrogen (secondary N) is 3. The lowest BCUT2D eigenvalue weighted by molar-refractivity contribution is -0.137. The molecule has 1 aliphatic heterocycles. The Kier molecular flexibility index (Phi) is 9.00. The monoisotopic (exact) mass is 429 g/mol. The molecule has 11 heteroatoms. The number of piperidine rings is 1. The molecule has 1 heterocycles. The highest BCUT2D eigenvalue weighted by molar-refractivity contribution is 7.89. The molecule has 0 saturated carbocycles. The zero-order valence-corrected chi connectivity index (χ0v) is 16.1. The van der Waals surface area contributed by atoms with E-state index in [1.165, 1.54) is 0 Å². The molecule has 0 radical (unpaired) electrons. The highest BCUT2D eigenvalue weighted by atomic mass is 35.5. The Morgan fingerprint density at radius 1 is 1.22 bits per heavy atom. The van der Waals surface area contributed by atoms with Gasteiger partial charge >= 0.3 is 6.18 Å². The van der Waals surface area contributed by atoms with Crippen molar-refractivity contribution in [3.8, 4) is 0 Å². The third kappa shape index (κ3) is 7.65.